The van der Waals surface area contributed by atoms with Gasteiger partial charge in [0.1, 0.15) is 6.07 Å². The molecular formula is C16H15N3. The second-order valence-corrected chi connectivity index (χ2v) is 4.88. The smallest absolute Gasteiger partial charge is 0.101 e. The number of nitriles is 1. The third-order valence-corrected chi connectivity index (χ3v) is 3.56. The summed E-state index contributed by atoms with van der Waals surface area (Å²) in [5.74, 6) is 0. The molecule has 0 saturated heterocycles. The molecule has 3 rings (SSSR count). The lowest BCUT2D eigenvalue weighted by atomic mass is 10.1. The van der Waals surface area contributed by atoms with Crippen LogP contribution in [0.3, 0.4) is 0 Å². The summed E-state index contributed by atoms with van der Waals surface area (Å²) in [4.78, 5) is 0. The number of nitrogen functional groups attached to an aromatic ring is 1. The van der Waals surface area contributed by atoms with Crippen molar-refractivity contribution in [3.63, 3.8) is 0 Å². The molecule has 0 fully saturated rings. The molecule has 0 atom stereocenters. The van der Waals surface area contributed by atoms with Crippen LogP contribution in [0.1, 0.15) is 23.1 Å². The molecule has 3 nitrogen and oxygen atoms in total. The van der Waals surface area contributed by atoms with Crippen LogP contribution >= 0.6 is 0 Å². The number of aryl methyl sites for hydroxylation is 2. The summed E-state index contributed by atoms with van der Waals surface area (Å²) in [6.45, 7) is 0. The Morgan fingerprint density at radius 1 is 1.00 bits per heavy atom. The number of hydrogen-bond donors (Lipinski definition) is 2. The lowest BCUT2D eigenvalue weighted by Crippen LogP contribution is -1.95. The maximum absolute atomic E-state index is 8.85. The lowest BCUT2D eigenvalue weighted by molar-refractivity contribution is 0.912. The van der Waals surface area contributed by atoms with Gasteiger partial charge < -0.3 is 11.1 Å². The fraction of sp³-hybridized carbons (Fsp3) is 0.188. The molecule has 2 aromatic rings. The zero-order valence-corrected chi connectivity index (χ0v) is 10.6. The van der Waals surface area contributed by atoms with Gasteiger partial charge in [-0.15, -0.1) is 0 Å². The Balaban J connectivity index is 1.85. The van der Waals surface area contributed by atoms with E-state index in [4.69, 9.17) is 11.0 Å². The number of nitrogens with one attached hydrogen (secondary N) is 1. The van der Waals surface area contributed by atoms with Gasteiger partial charge in [-0.25, -0.2) is 0 Å². The van der Waals surface area contributed by atoms with Crippen LogP contribution < -0.4 is 11.1 Å². The van der Waals surface area contributed by atoms with Gasteiger partial charge in [0.15, 0.2) is 0 Å². The monoisotopic (exact) mass is 249 g/mol. The van der Waals surface area contributed by atoms with E-state index < -0.39 is 0 Å². The van der Waals surface area contributed by atoms with Crippen LogP contribution in [0, 0.1) is 11.3 Å². The van der Waals surface area contributed by atoms with Gasteiger partial charge in [0.25, 0.3) is 0 Å². The van der Waals surface area contributed by atoms with E-state index in [2.05, 4.69) is 29.6 Å². The molecule has 94 valence electrons. The van der Waals surface area contributed by atoms with Gasteiger partial charge in [-0.3, -0.25) is 0 Å². The zero-order chi connectivity index (χ0) is 13.2. The minimum absolute atomic E-state index is 0.508. The Bertz CT molecular complexity index is 659. The molecule has 0 aromatic heterocycles. The molecule has 1 aliphatic carbocycles. The van der Waals surface area contributed by atoms with Crippen LogP contribution in [0.2, 0.25) is 0 Å². The van der Waals surface area contributed by atoms with Crippen molar-refractivity contribution in [3.8, 4) is 6.07 Å². The Labute approximate surface area is 112 Å². The van der Waals surface area contributed by atoms with Crippen LogP contribution in [0.25, 0.3) is 0 Å². The molecule has 0 unspecified atom stereocenters. The van der Waals surface area contributed by atoms with Crippen molar-refractivity contribution in [1.29, 1.82) is 5.26 Å². The van der Waals surface area contributed by atoms with Crippen molar-refractivity contribution < 1.29 is 0 Å². The minimum atomic E-state index is 0.508. The highest BCUT2D eigenvalue weighted by Gasteiger charge is 2.10. The molecule has 2 aromatic carbocycles. The Morgan fingerprint density at radius 2 is 1.74 bits per heavy atom. The molecule has 0 spiro atoms. The number of hydrogen-bond acceptors (Lipinski definition) is 3. The van der Waals surface area contributed by atoms with Gasteiger partial charge in [-0.2, -0.15) is 5.26 Å². The molecule has 3 N–H and O–H groups in total. The predicted octanol–water partition coefficient (Wildman–Crippen LogP) is 3.37. The largest absolute Gasteiger partial charge is 0.398 e. The Morgan fingerprint density at radius 3 is 2.53 bits per heavy atom. The number of nitrogens with two attached hydrogens (primary N) is 1. The maximum atomic E-state index is 8.85. The third kappa shape index (κ3) is 2.25. The Hall–Kier alpha value is -2.47. The molecule has 1 aliphatic rings. The van der Waals surface area contributed by atoms with Crippen molar-refractivity contribution >= 4 is 17.1 Å². The number of fused-ring (bicyclic) bond motifs is 1. The maximum Gasteiger partial charge on any atom is 0.101 e. The normalized spacial score (nSPS) is 12.8. The van der Waals surface area contributed by atoms with Gasteiger partial charge in [0.2, 0.25) is 0 Å². The van der Waals surface area contributed by atoms with Crippen molar-refractivity contribution in [2.24, 2.45) is 0 Å². The molecule has 0 saturated carbocycles. The molecule has 0 amide bonds. The average molecular weight is 249 g/mol. The first-order valence-electron chi connectivity index (χ1n) is 6.45. The molecule has 0 heterocycles. The quantitative estimate of drug-likeness (QED) is 0.802. The first kappa shape index (κ1) is 11.6. The van der Waals surface area contributed by atoms with Crippen molar-refractivity contribution in [3.05, 3.63) is 53.1 Å². The summed E-state index contributed by atoms with van der Waals surface area (Å²) >= 11 is 0. The van der Waals surface area contributed by atoms with Crippen LogP contribution in [-0.2, 0) is 12.8 Å². The first-order chi connectivity index (χ1) is 9.26. The van der Waals surface area contributed by atoms with Crippen molar-refractivity contribution in [2.75, 3.05) is 11.1 Å². The Kier molecular flexibility index (Phi) is 2.85. The van der Waals surface area contributed by atoms with E-state index in [1.165, 1.54) is 30.4 Å². The topological polar surface area (TPSA) is 61.8 Å². The van der Waals surface area contributed by atoms with E-state index in [-0.39, 0.29) is 0 Å². The molecular weight excluding hydrogens is 234 g/mol. The van der Waals surface area contributed by atoms with E-state index in [0.29, 0.717) is 11.3 Å². The molecule has 19 heavy (non-hydrogen) atoms. The van der Waals surface area contributed by atoms with E-state index in [0.717, 1.165) is 11.4 Å². The minimum Gasteiger partial charge on any atom is -0.398 e. The zero-order valence-electron chi connectivity index (χ0n) is 10.6. The van der Waals surface area contributed by atoms with Crippen molar-refractivity contribution in [1.82, 2.24) is 0 Å². The summed E-state index contributed by atoms with van der Waals surface area (Å²) in [5, 5.41) is 12.2. The summed E-state index contributed by atoms with van der Waals surface area (Å²) in [6, 6.07) is 14.0. The fourth-order valence-corrected chi connectivity index (χ4v) is 2.56. The average Bonchev–Trinajstić information content (AvgIpc) is 2.86. The van der Waals surface area contributed by atoms with E-state index in [1.807, 2.05) is 6.07 Å². The van der Waals surface area contributed by atoms with Crippen LogP contribution in [0.5, 0.6) is 0 Å². The standard InChI is InChI=1S/C16H15N3/c17-10-13-5-7-15(9-16(13)18)19-14-6-4-11-2-1-3-12(11)8-14/h4-9,19H,1-3,18H2. The SMILES string of the molecule is N#Cc1ccc(Nc2ccc3c(c2)CCC3)cc1N. The number of benzene rings is 2. The van der Waals surface area contributed by atoms with Gasteiger partial charge in [-0.05, 0) is 60.7 Å². The highest BCUT2D eigenvalue weighted by Crippen LogP contribution is 2.27. The first-order valence-corrected chi connectivity index (χ1v) is 6.45. The van der Waals surface area contributed by atoms with Crippen LogP contribution in [0.15, 0.2) is 36.4 Å². The molecule has 0 radical (unpaired) electrons. The number of nitrogens with zero attached hydrogens (tertiary/aromatic N) is 1. The third-order valence-electron chi connectivity index (χ3n) is 3.56. The highest BCUT2D eigenvalue weighted by molar-refractivity contribution is 5.68. The molecule has 0 aliphatic heterocycles. The summed E-state index contributed by atoms with van der Waals surface area (Å²) in [5.41, 5.74) is 11.7. The van der Waals surface area contributed by atoms with Crippen LogP contribution in [-0.4, -0.2) is 0 Å². The number of anilines is 3. The van der Waals surface area contributed by atoms with E-state index in [1.54, 1.807) is 12.1 Å². The second-order valence-electron chi connectivity index (χ2n) is 4.88. The lowest BCUT2D eigenvalue weighted by Gasteiger charge is -2.09. The molecule has 3 heteroatoms. The van der Waals surface area contributed by atoms with Crippen LogP contribution in [0.4, 0.5) is 17.1 Å². The van der Waals surface area contributed by atoms with Gasteiger partial charge in [-0.1, -0.05) is 6.07 Å². The summed E-state index contributed by atoms with van der Waals surface area (Å²) < 4.78 is 0. The van der Waals surface area contributed by atoms with E-state index >= 15 is 0 Å². The number of rotatable bonds is 2. The van der Waals surface area contributed by atoms with Gasteiger partial charge in [0.05, 0.1) is 11.3 Å². The van der Waals surface area contributed by atoms with Gasteiger partial charge >= 0.3 is 0 Å². The van der Waals surface area contributed by atoms with E-state index in [9.17, 15) is 0 Å². The summed E-state index contributed by atoms with van der Waals surface area (Å²) in [7, 11) is 0. The van der Waals surface area contributed by atoms with Crippen molar-refractivity contribution in [2.45, 2.75) is 19.3 Å². The fourth-order valence-electron chi connectivity index (χ4n) is 2.56. The second kappa shape index (κ2) is 4.66. The summed E-state index contributed by atoms with van der Waals surface area (Å²) in [6.07, 6.45) is 3.61. The van der Waals surface area contributed by atoms with Gasteiger partial charge in [0, 0.05) is 11.4 Å². The predicted molar refractivity (Wildman–Crippen MR) is 77.3 cm³/mol. The molecule has 0 bridgehead atoms. The highest BCUT2D eigenvalue weighted by atomic mass is 14.9.